The fraction of sp³-hybridized carbons (Fsp3) is 0.588. The molecule has 2 aliphatic heterocycles. The van der Waals surface area contributed by atoms with E-state index < -0.39 is 0 Å². The molecular formula is C17H24N3O. The largest absolute Gasteiger partial charge is 0.369 e. The lowest BCUT2D eigenvalue weighted by molar-refractivity contribution is -0.131. The van der Waals surface area contributed by atoms with E-state index in [0.717, 1.165) is 52.1 Å². The molecule has 0 N–H and O–H groups in total. The number of para-hydroxylation sites is 1. The van der Waals surface area contributed by atoms with E-state index >= 15 is 0 Å². The first kappa shape index (κ1) is 14.4. The van der Waals surface area contributed by atoms with E-state index in [1.807, 2.05) is 4.90 Å². The van der Waals surface area contributed by atoms with Crippen molar-refractivity contribution in [1.29, 1.82) is 0 Å². The zero-order valence-corrected chi connectivity index (χ0v) is 12.6. The summed E-state index contributed by atoms with van der Waals surface area (Å²) in [7, 11) is 0. The number of carbonyl (C=O) groups excluding carboxylic acids is 1. The number of hydrogen-bond donors (Lipinski definition) is 0. The maximum Gasteiger partial charge on any atom is 0.222 e. The van der Waals surface area contributed by atoms with Crippen molar-refractivity contribution < 1.29 is 4.79 Å². The number of carbonyl (C=O) groups is 1. The third-order valence-corrected chi connectivity index (χ3v) is 4.42. The first-order valence-electron chi connectivity index (χ1n) is 8.08. The Balaban J connectivity index is 1.76. The van der Waals surface area contributed by atoms with Crippen LogP contribution < -0.4 is 10.2 Å². The predicted molar refractivity (Wildman–Crippen MR) is 84.4 cm³/mol. The van der Waals surface area contributed by atoms with E-state index in [0.29, 0.717) is 12.3 Å². The second-order valence-corrected chi connectivity index (χ2v) is 5.91. The van der Waals surface area contributed by atoms with Gasteiger partial charge in [0.2, 0.25) is 5.91 Å². The minimum absolute atomic E-state index is 0.316. The summed E-state index contributed by atoms with van der Waals surface area (Å²) in [5.74, 6) is 0.316. The third-order valence-electron chi connectivity index (χ3n) is 4.42. The Morgan fingerprint density at radius 3 is 2.67 bits per heavy atom. The number of anilines is 1. The molecule has 4 heteroatoms. The highest BCUT2D eigenvalue weighted by molar-refractivity contribution is 5.76. The fourth-order valence-electron chi connectivity index (χ4n) is 3.21. The van der Waals surface area contributed by atoms with Crippen LogP contribution in [0, 0.1) is 0 Å². The molecule has 1 amide bonds. The van der Waals surface area contributed by atoms with E-state index in [1.165, 1.54) is 17.7 Å². The summed E-state index contributed by atoms with van der Waals surface area (Å²) in [4.78, 5) is 16.7. The van der Waals surface area contributed by atoms with E-state index in [-0.39, 0.29) is 0 Å². The molecule has 2 aliphatic rings. The molecule has 0 bridgehead atoms. The molecule has 0 atom stereocenters. The highest BCUT2D eigenvalue weighted by Gasteiger charge is 2.20. The van der Waals surface area contributed by atoms with Gasteiger partial charge in [0, 0.05) is 51.4 Å². The van der Waals surface area contributed by atoms with Gasteiger partial charge in [-0.3, -0.25) is 4.79 Å². The van der Waals surface area contributed by atoms with E-state index in [1.54, 1.807) is 0 Å². The van der Waals surface area contributed by atoms with Gasteiger partial charge >= 0.3 is 0 Å². The number of amides is 1. The molecule has 21 heavy (non-hydrogen) atoms. The van der Waals surface area contributed by atoms with Crippen LogP contribution in [0.15, 0.2) is 24.3 Å². The molecule has 2 fully saturated rings. The highest BCUT2D eigenvalue weighted by Crippen LogP contribution is 2.24. The second-order valence-electron chi connectivity index (χ2n) is 5.91. The summed E-state index contributed by atoms with van der Waals surface area (Å²) in [6.07, 6.45) is 4.07. The lowest BCUT2D eigenvalue weighted by Crippen LogP contribution is -2.41. The van der Waals surface area contributed by atoms with Crippen LogP contribution in [0.3, 0.4) is 0 Å². The summed E-state index contributed by atoms with van der Waals surface area (Å²) in [6, 6.07) is 8.52. The van der Waals surface area contributed by atoms with Crippen molar-refractivity contribution in [3.63, 3.8) is 0 Å². The summed E-state index contributed by atoms with van der Waals surface area (Å²) >= 11 is 0. The van der Waals surface area contributed by atoms with Crippen molar-refractivity contribution in [2.75, 3.05) is 37.6 Å². The lowest BCUT2D eigenvalue weighted by Gasteiger charge is -2.31. The number of benzene rings is 1. The van der Waals surface area contributed by atoms with Crippen LogP contribution in [-0.2, 0) is 11.3 Å². The summed E-state index contributed by atoms with van der Waals surface area (Å²) in [6.45, 7) is 5.47. The molecule has 3 rings (SSSR count). The number of piperazine rings is 1. The minimum atomic E-state index is 0.316. The zero-order chi connectivity index (χ0) is 14.5. The van der Waals surface area contributed by atoms with Crippen LogP contribution in [0.4, 0.5) is 5.69 Å². The topological polar surface area (TPSA) is 37.7 Å². The van der Waals surface area contributed by atoms with Gasteiger partial charge < -0.3 is 9.80 Å². The Morgan fingerprint density at radius 2 is 1.81 bits per heavy atom. The number of nitrogens with zero attached hydrogens (tertiary/aromatic N) is 3. The zero-order valence-electron chi connectivity index (χ0n) is 12.6. The van der Waals surface area contributed by atoms with Crippen LogP contribution in [-0.4, -0.2) is 43.5 Å². The first-order chi connectivity index (χ1) is 10.3. The quantitative estimate of drug-likeness (QED) is 0.852. The highest BCUT2D eigenvalue weighted by atomic mass is 16.2. The molecule has 113 valence electrons. The van der Waals surface area contributed by atoms with E-state index in [9.17, 15) is 4.79 Å². The molecule has 0 aliphatic carbocycles. The van der Waals surface area contributed by atoms with Crippen molar-refractivity contribution in [2.24, 2.45) is 0 Å². The Hall–Kier alpha value is -1.55. The van der Waals surface area contributed by atoms with Crippen molar-refractivity contribution >= 4 is 11.6 Å². The van der Waals surface area contributed by atoms with Gasteiger partial charge in [0.05, 0.1) is 0 Å². The number of rotatable bonds is 3. The number of hydrogen-bond acceptors (Lipinski definition) is 2. The monoisotopic (exact) mass is 286 g/mol. The molecule has 1 radical (unpaired) electrons. The van der Waals surface area contributed by atoms with Crippen molar-refractivity contribution in [3.05, 3.63) is 29.8 Å². The molecule has 4 nitrogen and oxygen atoms in total. The van der Waals surface area contributed by atoms with Gasteiger partial charge in [0.1, 0.15) is 0 Å². The second kappa shape index (κ2) is 6.94. The average Bonchev–Trinajstić information content (AvgIpc) is 2.74. The van der Waals surface area contributed by atoms with Gasteiger partial charge in [-0.25, -0.2) is 5.32 Å². The van der Waals surface area contributed by atoms with Gasteiger partial charge in [0.15, 0.2) is 0 Å². The van der Waals surface area contributed by atoms with Crippen LogP contribution in [0.25, 0.3) is 0 Å². The number of likely N-dealkylation sites (tertiary alicyclic amines) is 1. The predicted octanol–water partition coefficient (Wildman–Crippen LogP) is 2.01. The van der Waals surface area contributed by atoms with Gasteiger partial charge in [-0.15, -0.1) is 0 Å². The van der Waals surface area contributed by atoms with Crippen LogP contribution >= 0.6 is 0 Å². The molecule has 2 saturated heterocycles. The maximum atomic E-state index is 12.2. The lowest BCUT2D eigenvalue weighted by atomic mass is 10.1. The first-order valence-corrected chi connectivity index (χ1v) is 8.08. The maximum absolute atomic E-state index is 12.2. The third kappa shape index (κ3) is 3.56. The van der Waals surface area contributed by atoms with Crippen molar-refractivity contribution in [3.8, 4) is 0 Å². The van der Waals surface area contributed by atoms with Crippen LogP contribution in [0.2, 0.25) is 0 Å². The van der Waals surface area contributed by atoms with Gasteiger partial charge in [-0.2, -0.15) is 0 Å². The molecule has 1 aromatic carbocycles. The summed E-state index contributed by atoms with van der Waals surface area (Å²) in [5.41, 5.74) is 2.55. The Kier molecular flexibility index (Phi) is 4.76. The van der Waals surface area contributed by atoms with Crippen molar-refractivity contribution in [2.45, 2.75) is 32.2 Å². The fourth-order valence-corrected chi connectivity index (χ4v) is 3.21. The molecule has 0 unspecified atom stereocenters. The Labute approximate surface area is 127 Å². The Morgan fingerprint density at radius 1 is 1.00 bits per heavy atom. The molecule has 0 saturated carbocycles. The van der Waals surface area contributed by atoms with Gasteiger partial charge in [0.25, 0.3) is 0 Å². The normalized spacial score (nSPS) is 20.5. The molecule has 0 aromatic heterocycles. The molecule has 0 spiro atoms. The van der Waals surface area contributed by atoms with Crippen molar-refractivity contribution in [1.82, 2.24) is 10.2 Å². The molecular weight excluding hydrogens is 262 g/mol. The smallest absolute Gasteiger partial charge is 0.222 e. The molecule has 2 heterocycles. The molecule has 1 aromatic rings. The van der Waals surface area contributed by atoms with Crippen LogP contribution in [0.1, 0.15) is 31.2 Å². The van der Waals surface area contributed by atoms with E-state index in [4.69, 9.17) is 0 Å². The summed E-state index contributed by atoms with van der Waals surface area (Å²) in [5, 5.41) is 4.42. The van der Waals surface area contributed by atoms with Gasteiger partial charge in [-0.1, -0.05) is 24.6 Å². The van der Waals surface area contributed by atoms with Crippen LogP contribution in [0.5, 0.6) is 0 Å². The van der Waals surface area contributed by atoms with E-state index in [2.05, 4.69) is 34.5 Å². The summed E-state index contributed by atoms with van der Waals surface area (Å²) < 4.78 is 0. The van der Waals surface area contributed by atoms with Gasteiger partial charge in [-0.05, 0) is 24.5 Å². The SMILES string of the molecule is O=C1CCCCCN1Cc1ccccc1N1CC[N]CC1. The minimum Gasteiger partial charge on any atom is -0.369 e. The standard InChI is InChI=1S/C17H24N3O/c21-17-8-2-1-5-11-20(17)14-15-6-3-4-7-16(15)19-12-9-18-10-13-19/h3-4,6-7H,1-2,5,8-14H2. The average molecular weight is 286 g/mol. The Bertz CT molecular complexity index is 483.